The summed E-state index contributed by atoms with van der Waals surface area (Å²) in [6, 6.07) is 10.8. The van der Waals surface area contributed by atoms with E-state index in [-0.39, 0.29) is 35.3 Å². The summed E-state index contributed by atoms with van der Waals surface area (Å²) in [6.45, 7) is 1.00. The van der Waals surface area contributed by atoms with Crippen molar-refractivity contribution < 1.29 is 22.4 Å². The van der Waals surface area contributed by atoms with Gasteiger partial charge >= 0.3 is 5.76 Å². The van der Waals surface area contributed by atoms with E-state index < -0.39 is 15.8 Å². The van der Waals surface area contributed by atoms with E-state index in [1.165, 1.54) is 34.1 Å². The molecule has 1 aliphatic rings. The minimum absolute atomic E-state index is 0.0213. The third-order valence-corrected chi connectivity index (χ3v) is 7.44. The molecule has 2 heterocycles. The number of carbonyl (C=O) groups is 2. The van der Waals surface area contributed by atoms with Crippen molar-refractivity contribution in [2.24, 2.45) is 0 Å². The molecular weight excluding hydrogens is 448 g/mol. The average molecular weight is 473 g/mol. The highest BCUT2D eigenvalue weighted by Gasteiger charge is 2.28. The lowest BCUT2D eigenvalue weighted by Gasteiger charge is -2.15. The summed E-state index contributed by atoms with van der Waals surface area (Å²) in [4.78, 5) is 36.6. The molecular formula is C22H24N4O6S. The molecule has 4 rings (SSSR count). The lowest BCUT2D eigenvalue weighted by molar-refractivity contribution is -0.116. The highest BCUT2D eigenvalue weighted by molar-refractivity contribution is 7.89. The SMILES string of the molecule is CNC(=O)c1cccc(NC(=O)CCn2c(=O)oc3cc(S(=O)(=O)N4CCCC4)ccc32)c1. The van der Waals surface area contributed by atoms with Gasteiger partial charge in [-0.3, -0.25) is 14.2 Å². The molecule has 0 unspecified atom stereocenters. The summed E-state index contributed by atoms with van der Waals surface area (Å²) in [5.41, 5.74) is 1.43. The monoisotopic (exact) mass is 472 g/mol. The van der Waals surface area contributed by atoms with Crippen molar-refractivity contribution in [2.45, 2.75) is 30.7 Å². The van der Waals surface area contributed by atoms with Crippen molar-refractivity contribution in [1.82, 2.24) is 14.2 Å². The maximum absolute atomic E-state index is 12.8. The molecule has 0 atom stereocenters. The van der Waals surface area contributed by atoms with Crippen LogP contribution in [0.25, 0.3) is 11.1 Å². The minimum atomic E-state index is -3.64. The smallest absolute Gasteiger partial charge is 0.408 e. The number of nitrogens with zero attached hydrogens (tertiary/aromatic N) is 2. The van der Waals surface area contributed by atoms with Gasteiger partial charge in [-0.2, -0.15) is 4.31 Å². The van der Waals surface area contributed by atoms with Crippen LogP contribution in [0.4, 0.5) is 5.69 Å². The maximum atomic E-state index is 12.8. The Kier molecular flexibility index (Phi) is 6.34. The number of sulfonamides is 1. The van der Waals surface area contributed by atoms with Crippen LogP contribution in [0, 0.1) is 0 Å². The molecule has 174 valence electrons. The van der Waals surface area contributed by atoms with Crippen molar-refractivity contribution in [1.29, 1.82) is 0 Å². The second-order valence-corrected chi connectivity index (χ2v) is 9.66. The third kappa shape index (κ3) is 4.69. The number of amides is 2. The predicted molar refractivity (Wildman–Crippen MR) is 122 cm³/mol. The Morgan fingerprint density at radius 3 is 2.58 bits per heavy atom. The van der Waals surface area contributed by atoms with E-state index in [1.54, 1.807) is 24.3 Å². The summed E-state index contributed by atoms with van der Waals surface area (Å²) in [5, 5.41) is 5.22. The molecule has 1 saturated heterocycles. The Morgan fingerprint density at radius 2 is 1.85 bits per heavy atom. The molecule has 0 spiro atoms. The number of carbonyl (C=O) groups excluding carboxylic acids is 2. The van der Waals surface area contributed by atoms with Crippen LogP contribution >= 0.6 is 0 Å². The van der Waals surface area contributed by atoms with Crippen LogP contribution in [0.1, 0.15) is 29.6 Å². The number of aromatic nitrogens is 1. The third-order valence-electron chi connectivity index (χ3n) is 5.54. The van der Waals surface area contributed by atoms with Gasteiger partial charge in [0.1, 0.15) is 0 Å². The molecule has 2 amide bonds. The molecule has 1 aromatic heterocycles. The summed E-state index contributed by atoms with van der Waals surface area (Å²) in [7, 11) is -2.12. The zero-order chi connectivity index (χ0) is 23.6. The average Bonchev–Trinajstić information content (AvgIpc) is 3.45. The van der Waals surface area contributed by atoms with Crippen LogP contribution in [0.2, 0.25) is 0 Å². The molecule has 0 radical (unpaired) electrons. The fourth-order valence-electron chi connectivity index (χ4n) is 3.82. The molecule has 1 fully saturated rings. The lowest BCUT2D eigenvalue weighted by atomic mass is 10.2. The molecule has 2 N–H and O–H groups in total. The Labute approximate surface area is 190 Å². The Bertz CT molecular complexity index is 1370. The molecule has 0 saturated carbocycles. The molecule has 2 aromatic carbocycles. The second-order valence-electron chi connectivity index (χ2n) is 7.72. The summed E-state index contributed by atoms with van der Waals surface area (Å²) >= 11 is 0. The first-order valence-electron chi connectivity index (χ1n) is 10.5. The maximum Gasteiger partial charge on any atom is 0.419 e. The Hall–Kier alpha value is -3.44. The van der Waals surface area contributed by atoms with Gasteiger partial charge in [-0.15, -0.1) is 0 Å². The highest BCUT2D eigenvalue weighted by Crippen LogP contribution is 2.24. The standard InChI is InChI=1S/C22H24N4O6S/c1-23-21(28)15-5-4-6-16(13-15)24-20(27)9-12-26-18-8-7-17(14-19(18)32-22(26)29)33(30,31)25-10-2-3-11-25/h4-8,13-14H,2-3,9-12H2,1H3,(H,23,28)(H,24,27). The molecule has 11 heteroatoms. The molecule has 3 aromatic rings. The Balaban J connectivity index is 1.48. The number of oxazole rings is 1. The van der Waals surface area contributed by atoms with Crippen molar-refractivity contribution in [3.63, 3.8) is 0 Å². The quantitative estimate of drug-likeness (QED) is 0.539. The van der Waals surface area contributed by atoms with Gasteiger partial charge in [0.15, 0.2) is 5.58 Å². The predicted octanol–water partition coefficient (Wildman–Crippen LogP) is 1.77. The Morgan fingerprint density at radius 1 is 1.09 bits per heavy atom. The van der Waals surface area contributed by atoms with Crippen LogP contribution < -0.4 is 16.4 Å². The second kappa shape index (κ2) is 9.20. The zero-order valence-electron chi connectivity index (χ0n) is 18.0. The van der Waals surface area contributed by atoms with Crippen molar-refractivity contribution in [2.75, 3.05) is 25.5 Å². The lowest BCUT2D eigenvalue weighted by Crippen LogP contribution is -2.27. The summed E-state index contributed by atoms with van der Waals surface area (Å²) in [5.74, 6) is -1.29. The van der Waals surface area contributed by atoms with E-state index in [4.69, 9.17) is 4.42 Å². The first-order chi connectivity index (χ1) is 15.8. The van der Waals surface area contributed by atoms with Gasteiger partial charge in [0.05, 0.1) is 10.4 Å². The van der Waals surface area contributed by atoms with Crippen LogP contribution in [0.5, 0.6) is 0 Å². The number of rotatable bonds is 7. The van der Waals surface area contributed by atoms with Gasteiger partial charge in [-0.1, -0.05) is 6.07 Å². The molecule has 33 heavy (non-hydrogen) atoms. The summed E-state index contributed by atoms with van der Waals surface area (Å²) in [6.07, 6.45) is 1.63. The number of hydrogen-bond donors (Lipinski definition) is 2. The van der Waals surface area contributed by atoms with Crippen molar-refractivity contribution in [3.8, 4) is 0 Å². The highest BCUT2D eigenvalue weighted by atomic mass is 32.2. The number of aryl methyl sites for hydroxylation is 1. The normalized spacial score (nSPS) is 14.5. The minimum Gasteiger partial charge on any atom is -0.408 e. The van der Waals surface area contributed by atoms with E-state index in [9.17, 15) is 22.8 Å². The van der Waals surface area contributed by atoms with E-state index >= 15 is 0 Å². The van der Waals surface area contributed by atoms with Gasteiger partial charge in [0.2, 0.25) is 15.9 Å². The van der Waals surface area contributed by atoms with Gasteiger partial charge in [-0.25, -0.2) is 13.2 Å². The number of fused-ring (bicyclic) bond motifs is 1. The largest absolute Gasteiger partial charge is 0.419 e. The van der Waals surface area contributed by atoms with Crippen LogP contribution in [-0.2, 0) is 21.4 Å². The number of hydrogen-bond acceptors (Lipinski definition) is 6. The zero-order valence-corrected chi connectivity index (χ0v) is 18.9. The van der Waals surface area contributed by atoms with Crippen LogP contribution in [0.3, 0.4) is 0 Å². The van der Waals surface area contributed by atoms with Crippen molar-refractivity contribution >= 4 is 38.6 Å². The van der Waals surface area contributed by atoms with E-state index in [0.717, 1.165) is 12.8 Å². The van der Waals surface area contributed by atoms with E-state index in [1.807, 2.05) is 0 Å². The molecule has 1 aliphatic heterocycles. The van der Waals surface area contributed by atoms with Crippen molar-refractivity contribution in [3.05, 3.63) is 58.6 Å². The molecule has 10 nitrogen and oxygen atoms in total. The van der Waals surface area contributed by atoms with E-state index in [2.05, 4.69) is 10.6 Å². The fourth-order valence-corrected chi connectivity index (χ4v) is 5.35. The van der Waals surface area contributed by atoms with Gasteiger partial charge in [-0.05, 0) is 43.2 Å². The first kappa shape index (κ1) is 22.7. The van der Waals surface area contributed by atoms with Crippen LogP contribution in [-0.4, -0.2) is 49.2 Å². The molecule has 0 bridgehead atoms. The number of benzene rings is 2. The number of anilines is 1. The summed E-state index contributed by atoms with van der Waals surface area (Å²) < 4.78 is 33.5. The van der Waals surface area contributed by atoms with Gasteiger partial charge < -0.3 is 15.1 Å². The topological polar surface area (TPSA) is 131 Å². The van der Waals surface area contributed by atoms with E-state index in [0.29, 0.717) is 29.9 Å². The first-order valence-corrected chi connectivity index (χ1v) is 12.0. The number of nitrogens with one attached hydrogen (secondary N) is 2. The fraction of sp³-hybridized carbons (Fsp3) is 0.318. The van der Waals surface area contributed by atoms with Gasteiger partial charge in [0, 0.05) is 50.4 Å². The van der Waals surface area contributed by atoms with Gasteiger partial charge in [0.25, 0.3) is 5.91 Å². The molecule has 0 aliphatic carbocycles. The van der Waals surface area contributed by atoms with Crippen LogP contribution in [0.15, 0.2) is 56.6 Å².